The number of nitrogens with one attached hydrogen (secondary N) is 1. The predicted octanol–water partition coefficient (Wildman–Crippen LogP) is 3.25. The summed E-state index contributed by atoms with van der Waals surface area (Å²) in [7, 11) is 3.45. The minimum atomic E-state index is 0.0214. The van der Waals surface area contributed by atoms with Gasteiger partial charge in [-0.3, -0.25) is 10.4 Å². The summed E-state index contributed by atoms with van der Waals surface area (Å²) in [6, 6.07) is 4.83. The molecule has 0 fully saturated rings. The van der Waals surface area contributed by atoms with E-state index in [9.17, 15) is 0 Å². The van der Waals surface area contributed by atoms with E-state index in [2.05, 4.69) is 10.3 Å². The topological polar surface area (TPSA) is 51.8 Å². The molecule has 0 aliphatic carbocycles. The first-order valence-corrected chi connectivity index (χ1v) is 4.88. The van der Waals surface area contributed by atoms with Crippen molar-refractivity contribution < 1.29 is 0 Å². The molecule has 1 N–H and O–H groups in total. The van der Waals surface area contributed by atoms with Crippen LogP contribution in [0.5, 0.6) is 0 Å². The van der Waals surface area contributed by atoms with Gasteiger partial charge in [-0.2, -0.15) is 0 Å². The van der Waals surface area contributed by atoms with Crippen LogP contribution in [0.2, 0.25) is 10.0 Å². The maximum Gasteiger partial charge on any atom is 0.176 e. The van der Waals surface area contributed by atoms with Gasteiger partial charge in [-0.05, 0) is 18.2 Å². The second-order valence-electron chi connectivity index (χ2n) is 3.04. The molecule has 15 heavy (non-hydrogen) atoms. The van der Waals surface area contributed by atoms with Crippen molar-refractivity contribution in [1.82, 2.24) is 5.01 Å². The van der Waals surface area contributed by atoms with Crippen LogP contribution in [0, 0.1) is 5.41 Å². The molecule has 1 aromatic carbocycles. The number of halogens is 2. The second kappa shape index (κ2) is 5.09. The molecule has 0 spiro atoms. The lowest BCUT2D eigenvalue weighted by Gasteiger charge is -2.02. The van der Waals surface area contributed by atoms with Crippen LogP contribution in [-0.4, -0.2) is 24.9 Å². The highest BCUT2D eigenvalue weighted by Crippen LogP contribution is 2.19. The molecular formula is C9H10Cl2N4. The van der Waals surface area contributed by atoms with E-state index in [4.69, 9.17) is 28.6 Å². The van der Waals surface area contributed by atoms with Gasteiger partial charge < -0.3 is 0 Å². The summed E-state index contributed by atoms with van der Waals surface area (Å²) < 4.78 is 0. The summed E-state index contributed by atoms with van der Waals surface area (Å²) in [4.78, 5) is 0. The molecule has 0 unspecified atom stereocenters. The average Bonchev–Trinajstić information content (AvgIpc) is 2.12. The molecule has 0 saturated heterocycles. The minimum absolute atomic E-state index is 0.0214. The lowest BCUT2D eigenvalue weighted by atomic mass is 10.2. The zero-order valence-corrected chi connectivity index (χ0v) is 9.84. The second-order valence-corrected chi connectivity index (χ2v) is 3.92. The van der Waals surface area contributed by atoms with Gasteiger partial charge in [0.1, 0.15) is 0 Å². The fourth-order valence-electron chi connectivity index (χ4n) is 0.882. The number of amidine groups is 1. The van der Waals surface area contributed by atoms with Crippen LogP contribution in [0.1, 0.15) is 5.56 Å². The number of nitrogens with zero attached hydrogens (tertiary/aromatic N) is 3. The molecule has 0 aliphatic rings. The van der Waals surface area contributed by atoms with E-state index in [1.54, 1.807) is 32.3 Å². The van der Waals surface area contributed by atoms with Crippen molar-refractivity contribution in [2.75, 3.05) is 14.1 Å². The molecule has 0 saturated carbocycles. The highest BCUT2D eigenvalue weighted by atomic mass is 35.5. The maximum atomic E-state index is 7.61. The first-order chi connectivity index (χ1) is 6.99. The Morgan fingerprint density at radius 3 is 2.20 bits per heavy atom. The normalized spacial score (nSPS) is 10.7. The van der Waals surface area contributed by atoms with Crippen LogP contribution < -0.4 is 0 Å². The van der Waals surface area contributed by atoms with Crippen molar-refractivity contribution >= 4 is 29.0 Å². The standard InChI is InChI=1S/C9H10Cl2N4/c1-15(2)14-13-9(12)6-3-7(10)5-8(11)4-6/h3-5,12H,1-2H3. The van der Waals surface area contributed by atoms with E-state index in [1.165, 1.54) is 5.01 Å². The summed E-state index contributed by atoms with van der Waals surface area (Å²) >= 11 is 11.6. The smallest absolute Gasteiger partial charge is 0.176 e. The Bertz CT molecular complexity index is 381. The fraction of sp³-hybridized carbons (Fsp3) is 0.222. The number of rotatable bonds is 2. The van der Waals surface area contributed by atoms with Gasteiger partial charge in [0.15, 0.2) is 5.84 Å². The van der Waals surface area contributed by atoms with E-state index in [0.717, 1.165) is 0 Å². The Labute approximate surface area is 98.0 Å². The Hall–Kier alpha value is -1.13. The van der Waals surface area contributed by atoms with Gasteiger partial charge >= 0.3 is 0 Å². The van der Waals surface area contributed by atoms with E-state index in [-0.39, 0.29) is 5.84 Å². The van der Waals surface area contributed by atoms with Crippen LogP contribution in [0.15, 0.2) is 28.5 Å². The molecule has 0 bridgehead atoms. The number of hydrogen-bond donors (Lipinski definition) is 1. The Kier molecular flexibility index (Phi) is 4.05. The van der Waals surface area contributed by atoms with Gasteiger partial charge in [0.05, 0.1) is 0 Å². The van der Waals surface area contributed by atoms with Gasteiger partial charge in [0.25, 0.3) is 0 Å². The molecule has 0 amide bonds. The number of benzene rings is 1. The quantitative estimate of drug-likeness (QED) is 0.369. The molecule has 0 aliphatic heterocycles. The number of hydrogen-bond acceptors (Lipinski definition) is 2. The molecule has 0 aromatic heterocycles. The molecule has 0 atom stereocenters. The van der Waals surface area contributed by atoms with Gasteiger partial charge in [0.2, 0.25) is 0 Å². The molecule has 0 radical (unpaired) electrons. The van der Waals surface area contributed by atoms with E-state index >= 15 is 0 Å². The zero-order valence-electron chi connectivity index (χ0n) is 8.33. The van der Waals surface area contributed by atoms with Crippen LogP contribution in [-0.2, 0) is 0 Å². The SMILES string of the molecule is CN(C)N=NC(=N)c1cc(Cl)cc(Cl)c1. The Morgan fingerprint density at radius 1 is 1.20 bits per heavy atom. The molecule has 6 heteroatoms. The lowest BCUT2D eigenvalue weighted by Crippen LogP contribution is -2.02. The van der Waals surface area contributed by atoms with Crippen LogP contribution >= 0.6 is 23.2 Å². The maximum absolute atomic E-state index is 7.61. The summed E-state index contributed by atoms with van der Waals surface area (Å²) in [6.45, 7) is 0. The summed E-state index contributed by atoms with van der Waals surface area (Å²) in [5.41, 5.74) is 0.540. The first-order valence-electron chi connectivity index (χ1n) is 4.13. The third kappa shape index (κ3) is 3.85. The van der Waals surface area contributed by atoms with E-state index < -0.39 is 0 Å². The van der Waals surface area contributed by atoms with E-state index in [1.807, 2.05) is 0 Å². The summed E-state index contributed by atoms with van der Waals surface area (Å²) in [5, 5.41) is 17.5. The molecule has 80 valence electrons. The molecular weight excluding hydrogens is 235 g/mol. The largest absolute Gasteiger partial charge is 0.285 e. The fourth-order valence-corrected chi connectivity index (χ4v) is 1.41. The highest BCUT2D eigenvalue weighted by Gasteiger charge is 2.03. The summed E-state index contributed by atoms with van der Waals surface area (Å²) in [6.07, 6.45) is 0. The molecule has 4 nitrogen and oxygen atoms in total. The summed E-state index contributed by atoms with van der Waals surface area (Å²) in [5.74, 6) is 0.0214. The third-order valence-corrected chi connectivity index (χ3v) is 1.90. The van der Waals surface area contributed by atoms with Crippen LogP contribution in [0.3, 0.4) is 0 Å². The predicted molar refractivity (Wildman–Crippen MR) is 61.8 cm³/mol. The van der Waals surface area contributed by atoms with Crippen molar-refractivity contribution in [1.29, 1.82) is 5.41 Å². The zero-order chi connectivity index (χ0) is 11.4. The first kappa shape index (κ1) is 11.9. The minimum Gasteiger partial charge on any atom is -0.285 e. The monoisotopic (exact) mass is 244 g/mol. The molecule has 1 aromatic rings. The van der Waals surface area contributed by atoms with Crippen molar-refractivity contribution in [3.63, 3.8) is 0 Å². The van der Waals surface area contributed by atoms with Gasteiger partial charge in [-0.15, -0.1) is 5.11 Å². The van der Waals surface area contributed by atoms with Crippen LogP contribution in [0.25, 0.3) is 0 Å². The highest BCUT2D eigenvalue weighted by molar-refractivity contribution is 6.35. The Balaban J connectivity index is 2.91. The van der Waals surface area contributed by atoms with Gasteiger partial charge in [-0.1, -0.05) is 28.4 Å². The van der Waals surface area contributed by atoms with Crippen LogP contribution in [0.4, 0.5) is 0 Å². The lowest BCUT2D eigenvalue weighted by molar-refractivity contribution is 0.410. The molecule has 0 heterocycles. The van der Waals surface area contributed by atoms with Gasteiger partial charge in [-0.25, -0.2) is 0 Å². The van der Waals surface area contributed by atoms with E-state index in [0.29, 0.717) is 15.6 Å². The van der Waals surface area contributed by atoms with Crippen molar-refractivity contribution in [3.05, 3.63) is 33.8 Å². The van der Waals surface area contributed by atoms with Crippen molar-refractivity contribution in [2.45, 2.75) is 0 Å². The molecule has 1 rings (SSSR count). The average molecular weight is 245 g/mol. The third-order valence-electron chi connectivity index (χ3n) is 1.46. The van der Waals surface area contributed by atoms with Crippen molar-refractivity contribution in [3.8, 4) is 0 Å². The van der Waals surface area contributed by atoms with Crippen molar-refractivity contribution in [2.24, 2.45) is 10.3 Å². The Morgan fingerprint density at radius 2 is 1.73 bits per heavy atom. The van der Waals surface area contributed by atoms with Gasteiger partial charge in [0, 0.05) is 29.7 Å².